The highest BCUT2D eigenvalue weighted by molar-refractivity contribution is 7.90. The van der Waals surface area contributed by atoms with Gasteiger partial charge in [-0.25, -0.2) is 35.1 Å². The number of piperidine rings is 1. The second-order valence-electron chi connectivity index (χ2n) is 8.29. The van der Waals surface area contributed by atoms with E-state index < -0.39 is 31.7 Å². The summed E-state index contributed by atoms with van der Waals surface area (Å²) in [6, 6.07) is 8.70. The van der Waals surface area contributed by atoms with Gasteiger partial charge in [-0.15, -0.1) is 0 Å². The fourth-order valence-electron chi connectivity index (χ4n) is 3.68. The average molecular weight is 486 g/mol. The van der Waals surface area contributed by atoms with E-state index in [0.717, 1.165) is 18.9 Å². The van der Waals surface area contributed by atoms with Crippen LogP contribution in [-0.2, 0) is 26.6 Å². The van der Waals surface area contributed by atoms with Gasteiger partial charge in [0, 0.05) is 31.7 Å². The van der Waals surface area contributed by atoms with Gasteiger partial charge in [0.1, 0.15) is 0 Å². The average Bonchev–Trinajstić information content (AvgIpc) is 3.55. The van der Waals surface area contributed by atoms with E-state index in [0.29, 0.717) is 38.0 Å². The van der Waals surface area contributed by atoms with Gasteiger partial charge in [0.25, 0.3) is 0 Å². The number of sulfonamides is 2. The number of rotatable bonds is 8. The molecule has 0 spiro atoms. The number of likely N-dealkylation sites (tertiary alicyclic amines) is 1. The molecule has 4 rings (SSSR count). The molecule has 1 aliphatic carbocycles. The molecular formula is C21H25F2N3O4S2. The smallest absolute Gasteiger partial charge is 0.240 e. The first kappa shape index (κ1) is 23.2. The predicted molar refractivity (Wildman–Crippen MR) is 115 cm³/mol. The van der Waals surface area contributed by atoms with E-state index in [1.165, 1.54) is 36.4 Å². The SMILES string of the molecule is O=S(=O)(NC1CC1)c1ccc(S(=O)(=O)NC2CCN(Cc3ccc(F)c(F)c3)CC2)cc1. The van der Waals surface area contributed by atoms with Crippen molar-refractivity contribution in [3.05, 3.63) is 59.7 Å². The Morgan fingerprint density at radius 1 is 0.750 bits per heavy atom. The van der Waals surface area contributed by atoms with Gasteiger partial charge in [-0.1, -0.05) is 6.07 Å². The van der Waals surface area contributed by atoms with E-state index in [1.54, 1.807) is 0 Å². The topological polar surface area (TPSA) is 95.6 Å². The Bertz CT molecular complexity index is 1180. The lowest BCUT2D eigenvalue weighted by Crippen LogP contribution is -2.44. The largest absolute Gasteiger partial charge is 0.299 e. The zero-order valence-electron chi connectivity index (χ0n) is 17.3. The Morgan fingerprint density at radius 2 is 1.25 bits per heavy atom. The van der Waals surface area contributed by atoms with Crippen LogP contribution in [0.1, 0.15) is 31.2 Å². The standard InChI is InChI=1S/C21H25F2N3O4S2/c22-20-8-1-15(13-21(20)23)14-26-11-9-17(10-12-26)25-32(29,30)19-6-4-18(5-7-19)31(27,28)24-16-2-3-16/h1,4-8,13,16-17,24-25H,2-3,9-12,14H2. The van der Waals surface area contributed by atoms with Crippen LogP contribution in [0.2, 0.25) is 0 Å². The van der Waals surface area contributed by atoms with Crippen LogP contribution in [0.3, 0.4) is 0 Å². The van der Waals surface area contributed by atoms with E-state index in [9.17, 15) is 25.6 Å². The monoisotopic (exact) mass is 485 g/mol. The molecule has 32 heavy (non-hydrogen) atoms. The Hall–Kier alpha value is -1.92. The summed E-state index contributed by atoms with van der Waals surface area (Å²) in [7, 11) is -7.43. The molecule has 174 valence electrons. The third-order valence-electron chi connectivity index (χ3n) is 5.64. The zero-order valence-corrected chi connectivity index (χ0v) is 18.9. The molecule has 1 saturated heterocycles. The minimum atomic E-state index is -3.79. The number of hydrogen-bond donors (Lipinski definition) is 2. The summed E-state index contributed by atoms with van der Waals surface area (Å²) < 4.78 is 81.6. The van der Waals surface area contributed by atoms with Crippen molar-refractivity contribution in [2.75, 3.05) is 13.1 Å². The first-order valence-corrected chi connectivity index (χ1v) is 13.4. The summed E-state index contributed by atoms with van der Waals surface area (Å²) >= 11 is 0. The van der Waals surface area contributed by atoms with Gasteiger partial charge in [-0.05, 0) is 67.6 Å². The highest BCUT2D eigenvalue weighted by Crippen LogP contribution is 2.23. The van der Waals surface area contributed by atoms with Crippen molar-refractivity contribution in [1.82, 2.24) is 14.3 Å². The molecule has 2 fully saturated rings. The van der Waals surface area contributed by atoms with Crippen LogP contribution in [0, 0.1) is 11.6 Å². The van der Waals surface area contributed by atoms with Gasteiger partial charge in [0.05, 0.1) is 9.79 Å². The molecule has 2 N–H and O–H groups in total. The van der Waals surface area contributed by atoms with Gasteiger partial charge in [0.2, 0.25) is 20.0 Å². The van der Waals surface area contributed by atoms with Gasteiger partial charge >= 0.3 is 0 Å². The lowest BCUT2D eigenvalue weighted by atomic mass is 10.1. The number of nitrogens with zero attached hydrogens (tertiary/aromatic N) is 1. The fourth-order valence-corrected chi connectivity index (χ4v) is 6.29. The first-order chi connectivity index (χ1) is 15.1. The predicted octanol–water partition coefficient (Wildman–Crippen LogP) is 2.35. The summed E-state index contributed by atoms with van der Waals surface area (Å²) in [4.78, 5) is 2.10. The molecule has 2 aromatic carbocycles. The lowest BCUT2D eigenvalue weighted by molar-refractivity contribution is 0.199. The van der Waals surface area contributed by atoms with Crippen LogP contribution in [0.15, 0.2) is 52.3 Å². The maximum absolute atomic E-state index is 13.4. The Morgan fingerprint density at radius 3 is 1.72 bits per heavy atom. The van der Waals surface area contributed by atoms with Crippen LogP contribution in [0.25, 0.3) is 0 Å². The molecule has 11 heteroatoms. The van der Waals surface area contributed by atoms with Crippen LogP contribution in [-0.4, -0.2) is 46.9 Å². The summed E-state index contributed by atoms with van der Waals surface area (Å²) in [6.45, 7) is 1.67. The summed E-state index contributed by atoms with van der Waals surface area (Å²) in [6.07, 6.45) is 2.77. The molecule has 2 aromatic rings. The van der Waals surface area contributed by atoms with Crippen LogP contribution in [0.5, 0.6) is 0 Å². The van der Waals surface area contributed by atoms with Crippen molar-refractivity contribution >= 4 is 20.0 Å². The van der Waals surface area contributed by atoms with Crippen molar-refractivity contribution in [3.63, 3.8) is 0 Å². The molecule has 0 radical (unpaired) electrons. The third-order valence-corrected chi connectivity index (χ3v) is 8.72. The van der Waals surface area contributed by atoms with E-state index >= 15 is 0 Å². The molecule has 0 aromatic heterocycles. The maximum Gasteiger partial charge on any atom is 0.240 e. The molecule has 7 nitrogen and oxygen atoms in total. The maximum atomic E-state index is 13.4. The quantitative estimate of drug-likeness (QED) is 0.599. The zero-order chi connectivity index (χ0) is 22.9. The van der Waals surface area contributed by atoms with Crippen molar-refractivity contribution in [3.8, 4) is 0 Å². The van der Waals surface area contributed by atoms with Crippen molar-refractivity contribution < 1.29 is 25.6 Å². The molecular weight excluding hydrogens is 460 g/mol. The third kappa shape index (κ3) is 5.70. The minimum Gasteiger partial charge on any atom is -0.299 e. The number of halogens is 2. The molecule has 1 saturated carbocycles. The second kappa shape index (κ2) is 9.14. The van der Waals surface area contributed by atoms with E-state index in [2.05, 4.69) is 14.3 Å². The molecule has 0 unspecified atom stereocenters. The fraction of sp³-hybridized carbons (Fsp3) is 0.429. The normalized spacial score (nSPS) is 18.7. The molecule has 1 aliphatic heterocycles. The van der Waals surface area contributed by atoms with Gasteiger partial charge in [-0.3, -0.25) is 4.90 Å². The van der Waals surface area contributed by atoms with E-state index in [1.807, 2.05) is 0 Å². The number of nitrogens with one attached hydrogen (secondary N) is 2. The Kier molecular flexibility index (Phi) is 6.64. The van der Waals surface area contributed by atoms with Crippen LogP contribution < -0.4 is 9.44 Å². The molecule has 1 heterocycles. The highest BCUT2D eigenvalue weighted by Gasteiger charge is 2.29. The summed E-state index contributed by atoms with van der Waals surface area (Å²) in [5, 5.41) is 0. The van der Waals surface area contributed by atoms with Crippen LogP contribution in [0.4, 0.5) is 8.78 Å². The van der Waals surface area contributed by atoms with E-state index in [4.69, 9.17) is 0 Å². The van der Waals surface area contributed by atoms with Crippen molar-refractivity contribution in [2.24, 2.45) is 0 Å². The Balaban J connectivity index is 1.32. The Labute approximate surface area is 186 Å². The van der Waals surface area contributed by atoms with Gasteiger partial charge < -0.3 is 0 Å². The molecule has 0 amide bonds. The minimum absolute atomic E-state index is 0.00656. The first-order valence-electron chi connectivity index (χ1n) is 10.4. The summed E-state index contributed by atoms with van der Waals surface area (Å²) in [5.74, 6) is -1.76. The van der Waals surface area contributed by atoms with Gasteiger partial charge in [0.15, 0.2) is 11.6 Å². The van der Waals surface area contributed by atoms with Gasteiger partial charge in [-0.2, -0.15) is 0 Å². The molecule has 0 bridgehead atoms. The number of benzene rings is 2. The lowest BCUT2D eigenvalue weighted by Gasteiger charge is -2.32. The number of hydrogen-bond acceptors (Lipinski definition) is 5. The molecule has 2 aliphatic rings. The summed E-state index contributed by atoms with van der Waals surface area (Å²) in [5.41, 5.74) is 0.661. The second-order valence-corrected chi connectivity index (χ2v) is 11.7. The molecule has 0 atom stereocenters. The van der Waals surface area contributed by atoms with Crippen molar-refractivity contribution in [2.45, 2.75) is 54.1 Å². The highest BCUT2D eigenvalue weighted by atomic mass is 32.2. The van der Waals surface area contributed by atoms with Crippen molar-refractivity contribution in [1.29, 1.82) is 0 Å². The van der Waals surface area contributed by atoms with Crippen LogP contribution >= 0.6 is 0 Å². The van der Waals surface area contributed by atoms with E-state index in [-0.39, 0.29) is 21.9 Å².